The molecule has 5 heteroatoms. The maximum Gasteiger partial charge on any atom is 0.232 e. The molecule has 1 fully saturated rings. The van der Waals surface area contributed by atoms with Crippen molar-refractivity contribution < 1.29 is 9.32 Å². The van der Waals surface area contributed by atoms with Crippen LogP contribution in [0.3, 0.4) is 0 Å². The summed E-state index contributed by atoms with van der Waals surface area (Å²) in [5.74, 6) is 1.59. The highest BCUT2D eigenvalue weighted by atomic mass is 16.5. The quantitative estimate of drug-likeness (QED) is 0.635. The van der Waals surface area contributed by atoms with E-state index in [-0.39, 0.29) is 5.91 Å². The molecule has 0 spiro atoms. The molecule has 152 valence electrons. The number of anilines is 1. The molecule has 2 heterocycles. The molecule has 0 bridgehead atoms. The lowest BCUT2D eigenvalue weighted by Crippen LogP contribution is -2.34. The summed E-state index contributed by atoms with van der Waals surface area (Å²) in [6.07, 6.45) is 5.12. The van der Waals surface area contributed by atoms with Gasteiger partial charge < -0.3 is 14.3 Å². The Balaban J connectivity index is 1.94. The number of amides is 1. The first-order chi connectivity index (χ1) is 13.6. The predicted octanol–water partition coefficient (Wildman–Crippen LogP) is 5.12. The number of hydrogen-bond acceptors (Lipinski definition) is 4. The SMILES string of the molecule is CCC(=O)N(CCC(C)C)Cc1c(-c2ccccc2)noc1N1CCCCC1. The maximum atomic E-state index is 12.6. The molecule has 1 aliphatic rings. The van der Waals surface area contributed by atoms with Gasteiger partial charge in [0.2, 0.25) is 11.8 Å². The summed E-state index contributed by atoms with van der Waals surface area (Å²) in [6, 6.07) is 10.2. The number of hydrogen-bond donors (Lipinski definition) is 0. The fraction of sp³-hybridized carbons (Fsp3) is 0.565. The number of benzene rings is 1. The topological polar surface area (TPSA) is 49.6 Å². The standard InChI is InChI=1S/C23H33N3O2/c1-4-21(27)26(16-13-18(2)3)17-20-22(19-11-7-5-8-12-19)24-28-23(20)25-14-9-6-10-15-25/h5,7-8,11-12,18H,4,6,9-10,13-17H2,1-3H3. The number of aromatic nitrogens is 1. The van der Waals surface area contributed by atoms with E-state index in [2.05, 4.69) is 36.0 Å². The van der Waals surface area contributed by atoms with Gasteiger partial charge in [-0.2, -0.15) is 0 Å². The third kappa shape index (κ3) is 4.94. The summed E-state index contributed by atoms with van der Waals surface area (Å²) < 4.78 is 5.87. The number of piperidine rings is 1. The van der Waals surface area contributed by atoms with Gasteiger partial charge in [-0.25, -0.2) is 0 Å². The van der Waals surface area contributed by atoms with Gasteiger partial charge in [-0.15, -0.1) is 0 Å². The van der Waals surface area contributed by atoms with Gasteiger partial charge in [0, 0.05) is 31.6 Å². The number of nitrogens with zero attached hydrogens (tertiary/aromatic N) is 3. The van der Waals surface area contributed by atoms with E-state index in [9.17, 15) is 4.79 Å². The second kappa shape index (κ2) is 9.76. The Morgan fingerprint density at radius 1 is 1.18 bits per heavy atom. The Morgan fingerprint density at radius 3 is 2.54 bits per heavy atom. The fourth-order valence-electron chi connectivity index (χ4n) is 3.73. The highest BCUT2D eigenvalue weighted by molar-refractivity contribution is 5.77. The molecule has 0 N–H and O–H groups in total. The van der Waals surface area contributed by atoms with Crippen molar-refractivity contribution in [2.75, 3.05) is 24.5 Å². The molecule has 0 atom stereocenters. The lowest BCUT2D eigenvalue weighted by molar-refractivity contribution is -0.131. The Bertz CT molecular complexity index is 748. The first-order valence-electron chi connectivity index (χ1n) is 10.7. The molecule has 3 rings (SSSR count). The van der Waals surface area contributed by atoms with Crippen molar-refractivity contribution in [3.8, 4) is 11.3 Å². The summed E-state index contributed by atoms with van der Waals surface area (Å²) in [4.78, 5) is 16.9. The zero-order valence-electron chi connectivity index (χ0n) is 17.5. The summed E-state index contributed by atoms with van der Waals surface area (Å²) in [5.41, 5.74) is 2.94. The molecule has 0 aliphatic carbocycles. The van der Waals surface area contributed by atoms with Crippen LogP contribution in [0.2, 0.25) is 0 Å². The van der Waals surface area contributed by atoms with Gasteiger partial charge in [0.1, 0.15) is 5.69 Å². The molecule has 1 amide bonds. The first kappa shape index (κ1) is 20.4. The smallest absolute Gasteiger partial charge is 0.232 e. The van der Waals surface area contributed by atoms with E-state index in [4.69, 9.17) is 4.52 Å². The highest BCUT2D eigenvalue weighted by Crippen LogP contribution is 2.34. The van der Waals surface area contributed by atoms with E-state index in [1.165, 1.54) is 19.3 Å². The van der Waals surface area contributed by atoms with Crippen LogP contribution in [0, 0.1) is 5.92 Å². The second-order valence-electron chi connectivity index (χ2n) is 8.08. The molecule has 0 radical (unpaired) electrons. The normalized spacial score (nSPS) is 14.5. The number of carbonyl (C=O) groups is 1. The average Bonchev–Trinajstić information content (AvgIpc) is 3.15. The zero-order valence-corrected chi connectivity index (χ0v) is 17.5. The molecular formula is C23H33N3O2. The molecular weight excluding hydrogens is 350 g/mol. The largest absolute Gasteiger partial charge is 0.340 e. The average molecular weight is 384 g/mol. The van der Waals surface area contributed by atoms with Crippen molar-refractivity contribution in [3.63, 3.8) is 0 Å². The monoisotopic (exact) mass is 383 g/mol. The molecule has 1 aromatic heterocycles. The zero-order chi connectivity index (χ0) is 19.9. The van der Waals surface area contributed by atoms with Crippen molar-refractivity contribution in [2.45, 2.75) is 59.4 Å². The van der Waals surface area contributed by atoms with Crippen LogP contribution in [-0.4, -0.2) is 35.6 Å². The van der Waals surface area contributed by atoms with Crippen LogP contribution in [-0.2, 0) is 11.3 Å². The van der Waals surface area contributed by atoms with E-state index >= 15 is 0 Å². The van der Waals surface area contributed by atoms with Crippen LogP contribution in [0.1, 0.15) is 58.4 Å². The third-order valence-corrected chi connectivity index (χ3v) is 5.44. The minimum Gasteiger partial charge on any atom is -0.340 e. The van der Waals surface area contributed by atoms with Crippen LogP contribution in [0.4, 0.5) is 5.88 Å². The van der Waals surface area contributed by atoms with E-state index in [0.717, 1.165) is 48.8 Å². The second-order valence-corrected chi connectivity index (χ2v) is 8.08. The number of rotatable bonds is 8. The van der Waals surface area contributed by atoms with Gasteiger partial charge in [0.15, 0.2) is 0 Å². The summed E-state index contributed by atoms with van der Waals surface area (Å²) in [6.45, 7) is 9.63. The lowest BCUT2D eigenvalue weighted by Gasteiger charge is -2.28. The van der Waals surface area contributed by atoms with E-state index in [0.29, 0.717) is 18.9 Å². The van der Waals surface area contributed by atoms with E-state index in [1.54, 1.807) is 0 Å². The van der Waals surface area contributed by atoms with Gasteiger partial charge in [0.05, 0.1) is 12.1 Å². The van der Waals surface area contributed by atoms with Crippen LogP contribution in [0.5, 0.6) is 0 Å². The van der Waals surface area contributed by atoms with Crippen LogP contribution in [0.25, 0.3) is 11.3 Å². The Kier molecular flexibility index (Phi) is 7.12. The lowest BCUT2D eigenvalue weighted by atomic mass is 10.0. The fourth-order valence-corrected chi connectivity index (χ4v) is 3.73. The predicted molar refractivity (Wildman–Crippen MR) is 113 cm³/mol. The Labute approximate surface area is 168 Å². The van der Waals surface area contributed by atoms with Gasteiger partial charge >= 0.3 is 0 Å². The van der Waals surface area contributed by atoms with Gasteiger partial charge in [-0.05, 0) is 31.6 Å². The van der Waals surface area contributed by atoms with Crippen LogP contribution < -0.4 is 4.90 Å². The van der Waals surface area contributed by atoms with Gasteiger partial charge in [-0.1, -0.05) is 56.3 Å². The Morgan fingerprint density at radius 2 is 1.89 bits per heavy atom. The minimum atomic E-state index is 0.186. The van der Waals surface area contributed by atoms with Crippen molar-refractivity contribution in [1.29, 1.82) is 0 Å². The van der Waals surface area contributed by atoms with Crippen molar-refractivity contribution in [2.24, 2.45) is 5.92 Å². The van der Waals surface area contributed by atoms with E-state index < -0.39 is 0 Å². The van der Waals surface area contributed by atoms with Crippen molar-refractivity contribution in [3.05, 3.63) is 35.9 Å². The van der Waals surface area contributed by atoms with Gasteiger partial charge in [0.25, 0.3) is 0 Å². The van der Waals surface area contributed by atoms with Crippen LogP contribution >= 0.6 is 0 Å². The summed E-state index contributed by atoms with van der Waals surface area (Å²) in [7, 11) is 0. The summed E-state index contributed by atoms with van der Waals surface area (Å²) >= 11 is 0. The van der Waals surface area contributed by atoms with Gasteiger partial charge in [-0.3, -0.25) is 4.79 Å². The molecule has 0 saturated carbocycles. The molecule has 1 aliphatic heterocycles. The number of carbonyl (C=O) groups excluding carboxylic acids is 1. The molecule has 28 heavy (non-hydrogen) atoms. The summed E-state index contributed by atoms with van der Waals surface area (Å²) in [5, 5.41) is 4.44. The molecule has 2 aromatic rings. The molecule has 1 aromatic carbocycles. The molecule has 5 nitrogen and oxygen atoms in total. The molecule has 0 unspecified atom stereocenters. The first-order valence-corrected chi connectivity index (χ1v) is 10.7. The molecule has 1 saturated heterocycles. The Hall–Kier alpha value is -2.30. The maximum absolute atomic E-state index is 12.6. The third-order valence-electron chi connectivity index (χ3n) is 5.44. The van der Waals surface area contributed by atoms with Crippen molar-refractivity contribution >= 4 is 11.8 Å². The van der Waals surface area contributed by atoms with Crippen molar-refractivity contribution in [1.82, 2.24) is 10.1 Å². The minimum absolute atomic E-state index is 0.186. The highest BCUT2D eigenvalue weighted by Gasteiger charge is 2.26. The van der Waals surface area contributed by atoms with E-state index in [1.807, 2.05) is 30.0 Å². The van der Waals surface area contributed by atoms with Crippen LogP contribution in [0.15, 0.2) is 34.9 Å².